The molecule has 2 aliphatic heterocycles. The zero-order valence-corrected chi connectivity index (χ0v) is 17.4. The van der Waals surface area contributed by atoms with Crippen LogP contribution >= 0.6 is 45.2 Å². The Morgan fingerprint density at radius 1 is 1.16 bits per heavy atom. The van der Waals surface area contributed by atoms with Crippen molar-refractivity contribution in [1.29, 1.82) is 0 Å². The molecule has 0 saturated heterocycles. The summed E-state index contributed by atoms with van der Waals surface area (Å²) in [6, 6.07) is 11.5. The highest BCUT2D eigenvalue weighted by Gasteiger charge is 2.32. The van der Waals surface area contributed by atoms with Gasteiger partial charge in [-0.2, -0.15) is 0 Å². The van der Waals surface area contributed by atoms with Gasteiger partial charge in [0.05, 0.1) is 3.57 Å². The van der Waals surface area contributed by atoms with Gasteiger partial charge in [0.25, 0.3) is 6.29 Å². The van der Waals surface area contributed by atoms with Crippen LogP contribution in [-0.2, 0) is 9.53 Å². The Morgan fingerprint density at radius 2 is 1.92 bits per heavy atom. The molecule has 2 heterocycles. The quantitative estimate of drug-likeness (QED) is 0.557. The summed E-state index contributed by atoms with van der Waals surface area (Å²) in [5.74, 6) is 1.24. The van der Waals surface area contributed by atoms with Gasteiger partial charge in [0.2, 0.25) is 11.8 Å². The van der Waals surface area contributed by atoms with Crippen molar-refractivity contribution < 1.29 is 14.3 Å². The molecule has 2 aromatic carbocycles. The molecule has 25 heavy (non-hydrogen) atoms. The number of benzene rings is 2. The van der Waals surface area contributed by atoms with Crippen molar-refractivity contribution in [2.75, 3.05) is 5.32 Å². The number of aliphatic imine (C=N–C) groups is 1. The lowest BCUT2D eigenvalue weighted by Gasteiger charge is -2.21. The van der Waals surface area contributed by atoms with Crippen LogP contribution in [0.3, 0.4) is 0 Å². The summed E-state index contributed by atoms with van der Waals surface area (Å²) >= 11 is 4.56. The Kier molecular flexibility index (Phi) is 4.44. The van der Waals surface area contributed by atoms with E-state index in [1.54, 1.807) is 0 Å². The molecule has 4 rings (SSSR count). The smallest absolute Gasteiger partial charge is 0.286 e. The van der Waals surface area contributed by atoms with Gasteiger partial charge in [-0.3, -0.25) is 4.79 Å². The molecule has 1 atom stereocenters. The maximum Gasteiger partial charge on any atom is 0.286 e. The lowest BCUT2D eigenvalue weighted by atomic mass is 10.1. The normalized spacial score (nSPS) is 17.5. The van der Waals surface area contributed by atoms with Crippen molar-refractivity contribution in [3.63, 3.8) is 0 Å². The highest BCUT2D eigenvalue weighted by atomic mass is 127. The molecular formula is C18H12I2N2O3. The van der Waals surface area contributed by atoms with Crippen molar-refractivity contribution in [2.24, 2.45) is 4.99 Å². The number of nitrogens with zero attached hydrogens (tertiary/aromatic N) is 1. The molecule has 0 spiro atoms. The number of amides is 1. The van der Waals surface area contributed by atoms with Crippen molar-refractivity contribution >= 4 is 68.8 Å². The van der Waals surface area contributed by atoms with E-state index in [0.29, 0.717) is 5.90 Å². The van der Waals surface area contributed by atoms with Crippen LogP contribution in [0.5, 0.6) is 5.75 Å². The fourth-order valence-corrected chi connectivity index (χ4v) is 4.67. The Balaban J connectivity index is 1.62. The number of anilines is 1. The first kappa shape index (κ1) is 16.8. The summed E-state index contributed by atoms with van der Waals surface area (Å²) in [4.78, 5) is 15.7. The van der Waals surface area contributed by atoms with E-state index < -0.39 is 6.29 Å². The Hall–Kier alpha value is -1.62. The Bertz CT molecular complexity index is 936. The molecule has 0 bridgehead atoms. The monoisotopic (exact) mass is 558 g/mol. The molecule has 2 aliphatic rings. The summed E-state index contributed by atoms with van der Waals surface area (Å²) in [5, 5.41) is 2.74. The number of hydrogen-bond donors (Lipinski definition) is 1. The summed E-state index contributed by atoms with van der Waals surface area (Å²) in [5.41, 5.74) is 3.34. The third-order valence-electron chi connectivity index (χ3n) is 3.71. The number of fused-ring (bicyclic) bond motifs is 2. The first-order valence-electron chi connectivity index (χ1n) is 7.50. The second kappa shape index (κ2) is 6.60. The molecule has 2 aromatic rings. The highest BCUT2D eigenvalue weighted by Crippen LogP contribution is 2.38. The number of carbonyl (C=O) groups excluding carboxylic acids is 1. The second-order valence-corrected chi connectivity index (χ2v) is 8.03. The zero-order chi connectivity index (χ0) is 17.6. The Morgan fingerprint density at radius 3 is 2.64 bits per heavy atom. The van der Waals surface area contributed by atoms with Crippen LogP contribution in [0.4, 0.5) is 5.69 Å². The maximum absolute atomic E-state index is 11.1. The molecule has 0 fully saturated rings. The summed E-state index contributed by atoms with van der Waals surface area (Å²) in [7, 11) is 0. The van der Waals surface area contributed by atoms with Crippen molar-refractivity contribution in [2.45, 2.75) is 13.2 Å². The lowest BCUT2D eigenvalue weighted by Crippen LogP contribution is -2.23. The molecule has 0 aromatic heterocycles. The molecule has 7 heteroatoms. The first-order valence-corrected chi connectivity index (χ1v) is 9.66. The third kappa shape index (κ3) is 3.39. The largest absolute Gasteiger partial charge is 0.447 e. The fourth-order valence-electron chi connectivity index (χ4n) is 2.65. The zero-order valence-electron chi connectivity index (χ0n) is 13.0. The van der Waals surface area contributed by atoms with E-state index in [2.05, 4.69) is 67.6 Å². The second-order valence-electron chi connectivity index (χ2n) is 5.62. The molecule has 1 N–H and O–H groups in total. The van der Waals surface area contributed by atoms with Gasteiger partial charge in [0.1, 0.15) is 11.4 Å². The minimum absolute atomic E-state index is 0.103. The SMILES string of the molecule is CC(=O)Nc1ccc(C2=NC3=Cc4cc(I)cc(I)c4OC3O2)cc1. The molecule has 0 saturated carbocycles. The molecule has 5 nitrogen and oxygen atoms in total. The fraction of sp³-hybridized carbons (Fsp3) is 0.111. The third-order valence-corrected chi connectivity index (χ3v) is 5.13. The van der Waals surface area contributed by atoms with Crippen LogP contribution in [0.15, 0.2) is 47.1 Å². The van der Waals surface area contributed by atoms with Crippen LogP contribution in [0.1, 0.15) is 18.1 Å². The van der Waals surface area contributed by atoms with E-state index in [9.17, 15) is 4.79 Å². The van der Waals surface area contributed by atoms with Gasteiger partial charge in [-0.05, 0) is 87.7 Å². The van der Waals surface area contributed by atoms with Crippen LogP contribution in [0.2, 0.25) is 0 Å². The molecule has 0 radical (unpaired) electrons. The molecule has 1 amide bonds. The van der Waals surface area contributed by atoms with Crippen LogP contribution in [0, 0.1) is 7.14 Å². The van der Waals surface area contributed by atoms with Crippen LogP contribution in [0.25, 0.3) is 6.08 Å². The molecule has 0 aliphatic carbocycles. The van der Waals surface area contributed by atoms with Crippen molar-refractivity contribution in [3.05, 3.63) is 60.4 Å². The number of halogens is 2. The summed E-state index contributed by atoms with van der Waals surface area (Å²) < 4.78 is 14.1. The van der Waals surface area contributed by atoms with Gasteiger partial charge in [-0.15, -0.1) is 0 Å². The Labute approximate surface area is 171 Å². The van der Waals surface area contributed by atoms with Crippen LogP contribution < -0.4 is 10.1 Å². The van der Waals surface area contributed by atoms with E-state index in [1.165, 1.54) is 6.92 Å². The standard InChI is InChI=1S/C18H12I2N2O3/c1-9(23)21-13-4-2-10(3-5-13)17-22-15-7-11-6-12(19)8-14(20)16(11)24-18(15)25-17/h2-8,18H,1H3,(H,21,23). The number of nitrogens with one attached hydrogen (secondary N) is 1. The van der Waals surface area contributed by atoms with Gasteiger partial charge in [-0.1, -0.05) is 0 Å². The molecular weight excluding hydrogens is 546 g/mol. The minimum Gasteiger partial charge on any atom is -0.447 e. The van der Waals surface area contributed by atoms with Crippen molar-refractivity contribution in [1.82, 2.24) is 0 Å². The van der Waals surface area contributed by atoms with E-state index in [1.807, 2.05) is 30.3 Å². The minimum atomic E-state index is -0.522. The highest BCUT2D eigenvalue weighted by molar-refractivity contribution is 14.1. The van der Waals surface area contributed by atoms with Gasteiger partial charge in [0, 0.05) is 27.3 Å². The van der Waals surface area contributed by atoms with Crippen LogP contribution in [-0.4, -0.2) is 18.1 Å². The topological polar surface area (TPSA) is 59.9 Å². The number of carbonyl (C=O) groups is 1. The summed E-state index contributed by atoms with van der Waals surface area (Å²) in [6.07, 6.45) is 1.48. The van der Waals surface area contributed by atoms with Gasteiger partial charge >= 0.3 is 0 Å². The first-order chi connectivity index (χ1) is 12.0. The number of ether oxygens (including phenoxy) is 2. The molecule has 1 unspecified atom stereocenters. The van der Waals surface area contributed by atoms with Gasteiger partial charge in [-0.25, -0.2) is 4.99 Å². The van der Waals surface area contributed by atoms with Crippen molar-refractivity contribution in [3.8, 4) is 5.75 Å². The van der Waals surface area contributed by atoms with E-state index in [0.717, 1.165) is 35.4 Å². The van der Waals surface area contributed by atoms with E-state index in [-0.39, 0.29) is 5.91 Å². The predicted molar refractivity (Wildman–Crippen MR) is 113 cm³/mol. The molecule has 126 valence electrons. The van der Waals surface area contributed by atoms with E-state index in [4.69, 9.17) is 9.47 Å². The maximum atomic E-state index is 11.1. The van der Waals surface area contributed by atoms with Gasteiger partial charge in [0.15, 0.2) is 0 Å². The number of rotatable bonds is 2. The lowest BCUT2D eigenvalue weighted by molar-refractivity contribution is -0.114. The average molecular weight is 558 g/mol. The predicted octanol–water partition coefficient (Wildman–Crippen LogP) is 4.39. The average Bonchev–Trinajstić information content (AvgIpc) is 2.96. The summed E-state index contributed by atoms with van der Waals surface area (Å²) in [6.45, 7) is 1.48. The van der Waals surface area contributed by atoms with E-state index >= 15 is 0 Å². The number of hydrogen-bond acceptors (Lipinski definition) is 4. The van der Waals surface area contributed by atoms with Gasteiger partial charge < -0.3 is 14.8 Å².